The number of hydrogen-bond donors (Lipinski definition) is 1. The molecule has 1 heterocycles. The summed E-state index contributed by atoms with van der Waals surface area (Å²) < 4.78 is 1.81. The van der Waals surface area contributed by atoms with Gasteiger partial charge in [-0.1, -0.05) is 6.92 Å². The van der Waals surface area contributed by atoms with Crippen molar-refractivity contribution in [3.63, 3.8) is 0 Å². The third-order valence-corrected chi connectivity index (χ3v) is 2.01. The van der Waals surface area contributed by atoms with Crippen molar-refractivity contribution in [1.82, 2.24) is 15.1 Å². The smallest absolute Gasteiger partial charge is 0.167 e. The molecule has 0 saturated carbocycles. The first-order valence-electron chi connectivity index (χ1n) is 4.98. The van der Waals surface area contributed by atoms with Gasteiger partial charge in [-0.25, -0.2) is 0 Å². The molecule has 0 aliphatic heterocycles. The molecule has 0 fully saturated rings. The summed E-state index contributed by atoms with van der Waals surface area (Å²) in [4.78, 5) is 11.5. The summed E-state index contributed by atoms with van der Waals surface area (Å²) in [6.45, 7) is 3.68. The molecular weight excluding hydrogens is 178 g/mol. The number of aryl methyl sites for hydroxylation is 1. The van der Waals surface area contributed by atoms with Gasteiger partial charge < -0.3 is 5.32 Å². The molecule has 0 aliphatic carbocycles. The number of aromatic nitrogens is 2. The van der Waals surface area contributed by atoms with Gasteiger partial charge >= 0.3 is 0 Å². The highest BCUT2D eigenvalue weighted by Crippen LogP contribution is 2.02. The highest BCUT2D eigenvalue weighted by Gasteiger charge is 2.07. The van der Waals surface area contributed by atoms with Crippen LogP contribution in [0.5, 0.6) is 0 Å². The maximum absolute atomic E-state index is 11.5. The van der Waals surface area contributed by atoms with Gasteiger partial charge in [-0.2, -0.15) is 5.10 Å². The number of hydrogen-bond acceptors (Lipinski definition) is 3. The highest BCUT2D eigenvalue weighted by atomic mass is 16.1. The lowest BCUT2D eigenvalue weighted by atomic mass is 10.2. The van der Waals surface area contributed by atoms with E-state index in [1.807, 2.05) is 17.9 Å². The molecule has 14 heavy (non-hydrogen) atoms. The summed E-state index contributed by atoms with van der Waals surface area (Å²) >= 11 is 0. The average Bonchev–Trinajstić information content (AvgIpc) is 2.63. The lowest BCUT2D eigenvalue weighted by molar-refractivity contribution is 0.0983. The van der Waals surface area contributed by atoms with Gasteiger partial charge in [0.2, 0.25) is 0 Å². The van der Waals surface area contributed by atoms with E-state index >= 15 is 0 Å². The average molecular weight is 195 g/mol. The number of nitrogens with zero attached hydrogens (tertiary/aromatic N) is 2. The maximum Gasteiger partial charge on any atom is 0.167 e. The van der Waals surface area contributed by atoms with Crippen LogP contribution < -0.4 is 5.32 Å². The second-order valence-electron chi connectivity index (χ2n) is 3.27. The van der Waals surface area contributed by atoms with E-state index in [9.17, 15) is 4.79 Å². The molecule has 0 aromatic carbocycles. The molecule has 0 amide bonds. The third-order valence-electron chi connectivity index (χ3n) is 2.01. The van der Waals surface area contributed by atoms with Crippen molar-refractivity contribution in [2.75, 3.05) is 13.6 Å². The minimum atomic E-state index is 0.154. The second-order valence-corrected chi connectivity index (χ2v) is 3.27. The number of ketones is 1. The van der Waals surface area contributed by atoms with Gasteiger partial charge in [0.1, 0.15) is 0 Å². The number of carbonyl (C=O) groups is 1. The van der Waals surface area contributed by atoms with E-state index in [1.165, 1.54) is 0 Å². The van der Waals surface area contributed by atoms with Gasteiger partial charge in [-0.3, -0.25) is 9.48 Å². The first-order valence-corrected chi connectivity index (χ1v) is 4.98. The normalized spacial score (nSPS) is 10.4. The zero-order chi connectivity index (χ0) is 10.4. The van der Waals surface area contributed by atoms with E-state index < -0.39 is 0 Å². The quantitative estimate of drug-likeness (QED) is 0.691. The minimum absolute atomic E-state index is 0.154. The first-order chi connectivity index (χ1) is 6.77. The lowest BCUT2D eigenvalue weighted by Crippen LogP contribution is -2.12. The number of carbonyl (C=O) groups excluding carboxylic acids is 1. The number of rotatable bonds is 6. The summed E-state index contributed by atoms with van der Waals surface area (Å²) in [5.41, 5.74) is 0.716. The number of nitrogens with one attached hydrogen (secondary N) is 1. The molecule has 0 atom stereocenters. The van der Waals surface area contributed by atoms with E-state index in [-0.39, 0.29) is 5.78 Å². The summed E-state index contributed by atoms with van der Waals surface area (Å²) in [6, 6.07) is 0. The van der Waals surface area contributed by atoms with Gasteiger partial charge in [0, 0.05) is 25.7 Å². The van der Waals surface area contributed by atoms with Crippen LogP contribution >= 0.6 is 0 Å². The molecule has 1 rings (SSSR count). The molecule has 78 valence electrons. The van der Waals surface area contributed by atoms with Crippen LogP contribution in [0.1, 0.15) is 30.1 Å². The zero-order valence-electron chi connectivity index (χ0n) is 8.79. The fraction of sp³-hybridized carbons (Fsp3) is 0.600. The molecule has 0 spiro atoms. The minimum Gasteiger partial charge on any atom is -0.319 e. The van der Waals surface area contributed by atoms with Crippen molar-refractivity contribution in [3.8, 4) is 0 Å². The predicted octanol–water partition coefficient (Wildman–Crippen LogP) is 1.09. The standard InChI is InChI=1S/C10H17N3O/c1-3-6-13-8-9(7-12-13)10(14)4-5-11-2/h7-8,11H,3-6H2,1-2H3. The van der Waals surface area contributed by atoms with Gasteiger partial charge in [-0.15, -0.1) is 0 Å². The zero-order valence-corrected chi connectivity index (χ0v) is 8.79. The first kappa shape index (κ1) is 10.9. The van der Waals surface area contributed by atoms with Crippen LogP contribution in [0.4, 0.5) is 0 Å². The third kappa shape index (κ3) is 2.96. The Morgan fingerprint density at radius 3 is 3.07 bits per heavy atom. The summed E-state index contributed by atoms with van der Waals surface area (Å²) in [5.74, 6) is 0.154. The molecule has 0 saturated heterocycles. The van der Waals surface area contributed by atoms with Crippen LogP contribution in [0.25, 0.3) is 0 Å². The van der Waals surface area contributed by atoms with Gasteiger partial charge in [0.25, 0.3) is 0 Å². The Morgan fingerprint density at radius 2 is 2.43 bits per heavy atom. The molecule has 4 heteroatoms. The summed E-state index contributed by atoms with van der Waals surface area (Å²) in [5, 5.41) is 7.06. The van der Waals surface area contributed by atoms with E-state index in [2.05, 4.69) is 17.3 Å². The van der Waals surface area contributed by atoms with Gasteiger partial charge in [0.15, 0.2) is 5.78 Å². The van der Waals surface area contributed by atoms with Crippen LogP contribution in [0.15, 0.2) is 12.4 Å². The predicted molar refractivity (Wildman–Crippen MR) is 55.4 cm³/mol. The summed E-state index contributed by atoms with van der Waals surface area (Å²) in [6.07, 6.45) is 5.04. The van der Waals surface area contributed by atoms with Crippen LogP contribution in [-0.4, -0.2) is 29.2 Å². The van der Waals surface area contributed by atoms with Gasteiger partial charge in [-0.05, 0) is 13.5 Å². The van der Waals surface area contributed by atoms with E-state index in [4.69, 9.17) is 0 Å². The van der Waals surface area contributed by atoms with Crippen molar-refractivity contribution in [1.29, 1.82) is 0 Å². The second kappa shape index (κ2) is 5.54. The fourth-order valence-electron chi connectivity index (χ4n) is 1.24. The molecule has 0 unspecified atom stereocenters. The molecule has 0 radical (unpaired) electrons. The van der Waals surface area contributed by atoms with Crippen LogP contribution in [0.2, 0.25) is 0 Å². The Hall–Kier alpha value is -1.16. The van der Waals surface area contributed by atoms with Crippen molar-refractivity contribution in [2.45, 2.75) is 26.3 Å². The Labute approximate surface area is 84.3 Å². The Bertz CT molecular complexity index is 293. The van der Waals surface area contributed by atoms with Crippen LogP contribution in [0.3, 0.4) is 0 Å². The van der Waals surface area contributed by atoms with Crippen molar-refractivity contribution >= 4 is 5.78 Å². The monoisotopic (exact) mass is 195 g/mol. The van der Waals surface area contributed by atoms with Crippen molar-refractivity contribution in [2.24, 2.45) is 0 Å². The summed E-state index contributed by atoms with van der Waals surface area (Å²) in [7, 11) is 1.84. The number of Topliss-reactive ketones (excluding diaryl/α,β-unsaturated/α-hetero) is 1. The molecule has 0 bridgehead atoms. The van der Waals surface area contributed by atoms with Crippen LogP contribution in [0, 0.1) is 0 Å². The van der Waals surface area contributed by atoms with E-state index in [1.54, 1.807) is 6.20 Å². The van der Waals surface area contributed by atoms with E-state index in [0.717, 1.165) is 19.5 Å². The van der Waals surface area contributed by atoms with Crippen molar-refractivity contribution < 1.29 is 4.79 Å². The topological polar surface area (TPSA) is 46.9 Å². The Balaban J connectivity index is 2.53. The lowest BCUT2D eigenvalue weighted by Gasteiger charge is -1.96. The van der Waals surface area contributed by atoms with E-state index in [0.29, 0.717) is 12.0 Å². The van der Waals surface area contributed by atoms with Crippen molar-refractivity contribution in [3.05, 3.63) is 18.0 Å². The fourth-order valence-corrected chi connectivity index (χ4v) is 1.24. The molecular formula is C10H17N3O. The molecule has 1 aromatic heterocycles. The molecule has 1 N–H and O–H groups in total. The Kier molecular flexibility index (Phi) is 4.32. The molecule has 0 aliphatic rings. The Morgan fingerprint density at radius 1 is 1.64 bits per heavy atom. The molecule has 4 nitrogen and oxygen atoms in total. The molecule has 1 aromatic rings. The maximum atomic E-state index is 11.5. The van der Waals surface area contributed by atoms with Gasteiger partial charge in [0.05, 0.1) is 11.8 Å². The highest BCUT2D eigenvalue weighted by molar-refractivity contribution is 5.95. The largest absolute Gasteiger partial charge is 0.319 e. The van der Waals surface area contributed by atoms with Crippen LogP contribution in [-0.2, 0) is 6.54 Å². The SMILES string of the molecule is CCCn1cc(C(=O)CCNC)cn1.